The van der Waals surface area contributed by atoms with E-state index in [1.165, 1.54) is 0 Å². The summed E-state index contributed by atoms with van der Waals surface area (Å²) < 4.78 is 0. The fraction of sp³-hybridized carbons (Fsp3) is 0.333. The molecular weight excluding hydrogens is 206 g/mol. The molecule has 0 fully saturated rings. The fourth-order valence-corrected chi connectivity index (χ4v) is 1.33. The zero-order chi connectivity index (χ0) is 12.0. The summed E-state index contributed by atoms with van der Waals surface area (Å²) in [5.41, 5.74) is 1.34. The first kappa shape index (κ1) is 12.4. The summed E-state index contributed by atoms with van der Waals surface area (Å²) in [5, 5.41) is 11.4. The van der Waals surface area contributed by atoms with E-state index < -0.39 is 0 Å². The van der Waals surface area contributed by atoms with E-state index in [1.54, 1.807) is 31.2 Å². The summed E-state index contributed by atoms with van der Waals surface area (Å²) in [4.78, 5) is 22.0. The molecule has 0 aliphatic rings. The van der Waals surface area contributed by atoms with E-state index in [2.05, 4.69) is 5.32 Å². The molecule has 0 heterocycles. The Kier molecular flexibility index (Phi) is 4.66. The topological polar surface area (TPSA) is 66.4 Å². The predicted molar refractivity (Wildman–Crippen MR) is 60.2 cm³/mol. The van der Waals surface area contributed by atoms with Crippen molar-refractivity contribution >= 4 is 12.2 Å². The van der Waals surface area contributed by atoms with Crippen LogP contribution >= 0.6 is 0 Å². The molecule has 0 aromatic heterocycles. The van der Waals surface area contributed by atoms with Crippen molar-refractivity contribution in [1.82, 2.24) is 5.32 Å². The third-order valence-electron chi connectivity index (χ3n) is 2.13. The maximum absolute atomic E-state index is 11.5. The minimum atomic E-state index is -0.248. The number of hydrogen-bond acceptors (Lipinski definition) is 3. The van der Waals surface area contributed by atoms with E-state index >= 15 is 0 Å². The van der Waals surface area contributed by atoms with Gasteiger partial charge in [0.05, 0.1) is 13.0 Å². The Labute approximate surface area is 94.3 Å². The predicted octanol–water partition coefficient (Wildman–Crippen LogP) is 0.539. The maximum Gasteiger partial charge on any atom is 0.224 e. The molecule has 1 rings (SSSR count). The van der Waals surface area contributed by atoms with Crippen molar-refractivity contribution < 1.29 is 14.7 Å². The van der Waals surface area contributed by atoms with Crippen LogP contribution < -0.4 is 5.32 Å². The van der Waals surface area contributed by atoms with Crippen LogP contribution in [0, 0.1) is 0 Å². The lowest BCUT2D eigenvalue weighted by Crippen LogP contribution is -2.35. The van der Waals surface area contributed by atoms with E-state index in [0.717, 1.165) is 11.8 Å². The lowest BCUT2D eigenvalue weighted by Gasteiger charge is -2.10. The van der Waals surface area contributed by atoms with Crippen LogP contribution in [0.4, 0.5) is 0 Å². The number of rotatable bonds is 5. The zero-order valence-electron chi connectivity index (χ0n) is 9.14. The molecule has 16 heavy (non-hydrogen) atoms. The van der Waals surface area contributed by atoms with Crippen LogP contribution in [0.3, 0.4) is 0 Å². The van der Waals surface area contributed by atoms with Crippen molar-refractivity contribution in [3.8, 4) is 0 Å². The summed E-state index contributed by atoms with van der Waals surface area (Å²) >= 11 is 0. The Morgan fingerprint density at radius 2 is 2.31 bits per heavy atom. The monoisotopic (exact) mass is 221 g/mol. The number of aliphatic hydroxyl groups is 1. The van der Waals surface area contributed by atoms with Crippen LogP contribution in [0.2, 0.25) is 0 Å². The second-order valence-electron chi connectivity index (χ2n) is 3.69. The van der Waals surface area contributed by atoms with Crippen LogP contribution in [0.15, 0.2) is 24.3 Å². The van der Waals surface area contributed by atoms with Gasteiger partial charge in [0.25, 0.3) is 0 Å². The van der Waals surface area contributed by atoms with Crippen molar-refractivity contribution in [3.63, 3.8) is 0 Å². The van der Waals surface area contributed by atoms with Gasteiger partial charge in [-0.2, -0.15) is 0 Å². The van der Waals surface area contributed by atoms with Crippen LogP contribution in [0.5, 0.6) is 0 Å². The van der Waals surface area contributed by atoms with Crippen molar-refractivity contribution in [2.45, 2.75) is 19.4 Å². The molecule has 0 aliphatic heterocycles. The summed E-state index contributed by atoms with van der Waals surface area (Å²) in [7, 11) is 0. The molecule has 0 saturated heterocycles. The first-order chi connectivity index (χ1) is 7.65. The molecular formula is C12H15NO3. The molecule has 86 valence electrons. The number of nitrogens with one attached hydrogen (secondary N) is 1. The van der Waals surface area contributed by atoms with Gasteiger partial charge in [-0.15, -0.1) is 0 Å². The molecule has 4 heteroatoms. The Morgan fingerprint density at radius 3 is 2.94 bits per heavy atom. The van der Waals surface area contributed by atoms with Gasteiger partial charge in [0.1, 0.15) is 6.29 Å². The first-order valence-electron chi connectivity index (χ1n) is 5.10. The normalized spacial score (nSPS) is 11.9. The first-order valence-corrected chi connectivity index (χ1v) is 5.10. The number of benzene rings is 1. The van der Waals surface area contributed by atoms with Gasteiger partial charge in [0.2, 0.25) is 5.91 Å². The number of hydrogen-bond donors (Lipinski definition) is 2. The highest BCUT2D eigenvalue weighted by Gasteiger charge is 2.07. The standard InChI is InChI=1S/C12H15NO3/c1-9(7-14)13-12(16)6-10-3-2-4-11(5-10)8-15/h2-5,8-9,14H,6-7H2,1H3,(H,13,16)/t9-/m0/s1. The lowest BCUT2D eigenvalue weighted by atomic mass is 10.1. The molecule has 1 aromatic carbocycles. The molecule has 1 amide bonds. The van der Waals surface area contributed by atoms with Crippen LogP contribution in [0.25, 0.3) is 0 Å². The number of carbonyl (C=O) groups is 2. The second-order valence-corrected chi connectivity index (χ2v) is 3.69. The fourth-order valence-electron chi connectivity index (χ4n) is 1.33. The van der Waals surface area contributed by atoms with Crippen LogP contribution in [-0.2, 0) is 11.2 Å². The smallest absolute Gasteiger partial charge is 0.224 e. The molecule has 0 bridgehead atoms. The highest BCUT2D eigenvalue weighted by Crippen LogP contribution is 2.04. The van der Waals surface area contributed by atoms with E-state index in [4.69, 9.17) is 5.11 Å². The number of amides is 1. The average Bonchev–Trinajstić information content (AvgIpc) is 2.28. The van der Waals surface area contributed by atoms with Gasteiger partial charge in [-0.1, -0.05) is 18.2 Å². The lowest BCUT2D eigenvalue weighted by molar-refractivity contribution is -0.121. The van der Waals surface area contributed by atoms with Crippen molar-refractivity contribution in [2.75, 3.05) is 6.61 Å². The average molecular weight is 221 g/mol. The Bertz CT molecular complexity index is 376. The third kappa shape index (κ3) is 3.82. The molecule has 0 spiro atoms. The van der Waals surface area contributed by atoms with Gasteiger partial charge in [0, 0.05) is 11.6 Å². The van der Waals surface area contributed by atoms with Crippen molar-refractivity contribution in [3.05, 3.63) is 35.4 Å². The zero-order valence-corrected chi connectivity index (χ0v) is 9.14. The summed E-state index contributed by atoms with van der Waals surface area (Å²) in [6.45, 7) is 1.64. The van der Waals surface area contributed by atoms with Gasteiger partial charge in [-0.25, -0.2) is 0 Å². The number of aliphatic hydroxyl groups excluding tert-OH is 1. The Hall–Kier alpha value is -1.68. The number of carbonyl (C=O) groups excluding carboxylic acids is 2. The third-order valence-corrected chi connectivity index (χ3v) is 2.13. The van der Waals surface area contributed by atoms with Gasteiger partial charge in [-0.3, -0.25) is 9.59 Å². The SMILES string of the molecule is C[C@@H](CO)NC(=O)Cc1cccc(C=O)c1. The van der Waals surface area contributed by atoms with Crippen molar-refractivity contribution in [1.29, 1.82) is 0 Å². The van der Waals surface area contributed by atoms with E-state index in [-0.39, 0.29) is 25.0 Å². The van der Waals surface area contributed by atoms with E-state index in [9.17, 15) is 9.59 Å². The quantitative estimate of drug-likeness (QED) is 0.713. The second kappa shape index (κ2) is 6.02. The van der Waals surface area contributed by atoms with Gasteiger partial charge in [-0.05, 0) is 18.6 Å². The Morgan fingerprint density at radius 1 is 1.56 bits per heavy atom. The van der Waals surface area contributed by atoms with Gasteiger partial charge in [0.15, 0.2) is 0 Å². The molecule has 0 radical (unpaired) electrons. The molecule has 2 N–H and O–H groups in total. The highest BCUT2D eigenvalue weighted by molar-refractivity contribution is 5.80. The van der Waals surface area contributed by atoms with Gasteiger partial charge < -0.3 is 10.4 Å². The molecule has 4 nitrogen and oxygen atoms in total. The van der Waals surface area contributed by atoms with Gasteiger partial charge >= 0.3 is 0 Å². The van der Waals surface area contributed by atoms with Crippen LogP contribution in [0.1, 0.15) is 22.8 Å². The van der Waals surface area contributed by atoms with E-state index in [0.29, 0.717) is 5.56 Å². The Balaban J connectivity index is 2.58. The molecule has 1 atom stereocenters. The number of aldehydes is 1. The minimum Gasteiger partial charge on any atom is -0.394 e. The van der Waals surface area contributed by atoms with Crippen LogP contribution in [-0.4, -0.2) is 29.9 Å². The summed E-state index contributed by atoms with van der Waals surface area (Å²) in [5.74, 6) is -0.162. The molecule has 1 aromatic rings. The maximum atomic E-state index is 11.5. The highest BCUT2D eigenvalue weighted by atomic mass is 16.3. The largest absolute Gasteiger partial charge is 0.394 e. The van der Waals surface area contributed by atoms with Crippen molar-refractivity contribution in [2.24, 2.45) is 0 Å². The summed E-state index contributed by atoms with van der Waals surface area (Å²) in [6.07, 6.45) is 0.962. The molecule has 0 saturated carbocycles. The molecule has 0 unspecified atom stereocenters. The summed E-state index contributed by atoms with van der Waals surface area (Å²) in [6, 6.07) is 6.64. The minimum absolute atomic E-state index is 0.0832. The van der Waals surface area contributed by atoms with E-state index in [1.807, 2.05) is 0 Å². The molecule has 0 aliphatic carbocycles.